The van der Waals surface area contributed by atoms with Crippen molar-refractivity contribution in [2.45, 2.75) is 12.1 Å². The van der Waals surface area contributed by atoms with Gasteiger partial charge in [-0.1, -0.05) is 23.4 Å². The van der Waals surface area contributed by atoms with Crippen LogP contribution in [0.1, 0.15) is 6.92 Å². The molecule has 0 fully saturated rings. The first-order valence-electron chi connectivity index (χ1n) is 10.6. The Hall–Kier alpha value is -3.49. The number of halogens is 1. The second kappa shape index (κ2) is 11.1. The summed E-state index contributed by atoms with van der Waals surface area (Å²) in [6.45, 7) is 2.52. The Morgan fingerprint density at radius 1 is 0.971 bits per heavy atom. The van der Waals surface area contributed by atoms with Crippen LogP contribution in [0.2, 0.25) is 5.02 Å². The van der Waals surface area contributed by atoms with E-state index in [9.17, 15) is 4.79 Å². The van der Waals surface area contributed by atoms with Gasteiger partial charge in [0.05, 0.1) is 19.5 Å². The van der Waals surface area contributed by atoms with Gasteiger partial charge in [-0.15, -0.1) is 10.2 Å². The SMILES string of the molecule is CCOc1ccc(NC(=O)CSc2nnc(-c3ccc(OC)cc3)n2-c2ccc(Cl)cc2)cc1. The number of aromatic nitrogens is 3. The third-order valence-corrected chi connectivity index (χ3v) is 6.03. The van der Waals surface area contributed by atoms with E-state index < -0.39 is 0 Å². The Morgan fingerprint density at radius 2 is 1.65 bits per heavy atom. The van der Waals surface area contributed by atoms with Crippen molar-refractivity contribution in [2.24, 2.45) is 0 Å². The average molecular weight is 495 g/mol. The van der Waals surface area contributed by atoms with E-state index in [0.29, 0.717) is 28.3 Å². The summed E-state index contributed by atoms with van der Waals surface area (Å²) in [6.07, 6.45) is 0. The van der Waals surface area contributed by atoms with Crippen LogP contribution in [-0.4, -0.2) is 40.1 Å². The second-order valence-corrected chi connectivity index (χ2v) is 8.52. The Labute approximate surface area is 207 Å². The second-order valence-electron chi connectivity index (χ2n) is 7.14. The lowest BCUT2D eigenvalue weighted by atomic mass is 10.2. The highest BCUT2D eigenvalue weighted by molar-refractivity contribution is 7.99. The molecule has 0 atom stereocenters. The van der Waals surface area contributed by atoms with E-state index in [1.807, 2.05) is 84.3 Å². The lowest BCUT2D eigenvalue weighted by Gasteiger charge is -2.11. The van der Waals surface area contributed by atoms with E-state index >= 15 is 0 Å². The number of amides is 1. The van der Waals surface area contributed by atoms with E-state index in [-0.39, 0.29) is 11.7 Å². The lowest BCUT2D eigenvalue weighted by molar-refractivity contribution is -0.113. The minimum atomic E-state index is -0.147. The minimum absolute atomic E-state index is 0.147. The Morgan fingerprint density at radius 3 is 2.29 bits per heavy atom. The average Bonchev–Trinajstić information content (AvgIpc) is 3.28. The summed E-state index contributed by atoms with van der Waals surface area (Å²) >= 11 is 7.39. The molecule has 1 aromatic heterocycles. The molecule has 0 radical (unpaired) electrons. The zero-order valence-electron chi connectivity index (χ0n) is 18.7. The van der Waals surface area contributed by atoms with Gasteiger partial charge in [0.25, 0.3) is 0 Å². The van der Waals surface area contributed by atoms with Gasteiger partial charge in [0.15, 0.2) is 11.0 Å². The summed E-state index contributed by atoms with van der Waals surface area (Å²) in [4.78, 5) is 12.6. The van der Waals surface area contributed by atoms with Gasteiger partial charge in [0.1, 0.15) is 11.5 Å². The number of methoxy groups -OCH3 is 1. The van der Waals surface area contributed by atoms with Gasteiger partial charge in [-0.25, -0.2) is 0 Å². The highest BCUT2D eigenvalue weighted by Crippen LogP contribution is 2.29. The third-order valence-electron chi connectivity index (χ3n) is 4.85. The van der Waals surface area contributed by atoms with Crippen molar-refractivity contribution in [2.75, 3.05) is 24.8 Å². The number of hydrogen-bond acceptors (Lipinski definition) is 6. The maximum Gasteiger partial charge on any atom is 0.234 e. The molecule has 174 valence electrons. The molecule has 0 saturated carbocycles. The minimum Gasteiger partial charge on any atom is -0.497 e. The number of carbonyl (C=O) groups is 1. The van der Waals surface area contributed by atoms with Crippen molar-refractivity contribution < 1.29 is 14.3 Å². The van der Waals surface area contributed by atoms with Crippen LogP contribution in [0.25, 0.3) is 17.1 Å². The molecule has 34 heavy (non-hydrogen) atoms. The molecule has 1 heterocycles. The van der Waals surface area contributed by atoms with E-state index in [4.69, 9.17) is 21.1 Å². The topological polar surface area (TPSA) is 78.3 Å². The number of anilines is 1. The van der Waals surface area contributed by atoms with Crippen molar-refractivity contribution in [3.8, 4) is 28.6 Å². The Balaban J connectivity index is 1.54. The van der Waals surface area contributed by atoms with E-state index in [0.717, 1.165) is 22.7 Å². The number of hydrogen-bond donors (Lipinski definition) is 1. The summed E-state index contributed by atoms with van der Waals surface area (Å²) in [5.74, 6) is 2.19. The maximum atomic E-state index is 12.6. The number of carbonyl (C=O) groups excluding carboxylic acids is 1. The molecule has 9 heteroatoms. The van der Waals surface area contributed by atoms with Gasteiger partial charge >= 0.3 is 0 Å². The first-order valence-corrected chi connectivity index (χ1v) is 11.9. The van der Waals surface area contributed by atoms with Crippen LogP contribution in [0.3, 0.4) is 0 Å². The van der Waals surface area contributed by atoms with Gasteiger partial charge < -0.3 is 14.8 Å². The molecule has 0 unspecified atom stereocenters. The summed E-state index contributed by atoms with van der Waals surface area (Å²) in [5, 5.41) is 12.9. The van der Waals surface area contributed by atoms with Crippen LogP contribution in [0.15, 0.2) is 78.0 Å². The monoisotopic (exact) mass is 494 g/mol. The molecule has 0 bridgehead atoms. The third kappa shape index (κ3) is 5.70. The first kappa shape index (κ1) is 23.7. The fraction of sp³-hybridized carbons (Fsp3) is 0.160. The fourth-order valence-corrected chi connectivity index (χ4v) is 4.12. The molecule has 0 aliphatic heterocycles. The van der Waals surface area contributed by atoms with Crippen molar-refractivity contribution in [3.05, 3.63) is 77.8 Å². The van der Waals surface area contributed by atoms with Crippen LogP contribution in [-0.2, 0) is 4.79 Å². The molecule has 0 saturated heterocycles. The van der Waals surface area contributed by atoms with E-state index in [1.54, 1.807) is 7.11 Å². The molecule has 0 aliphatic carbocycles. The lowest BCUT2D eigenvalue weighted by Crippen LogP contribution is -2.14. The van der Waals surface area contributed by atoms with Gasteiger partial charge in [-0.05, 0) is 79.7 Å². The van der Waals surface area contributed by atoms with E-state index in [1.165, 1.54) is 11.8 Å². The summed E-state index contributed by atoms with van der Waals surface area (Å²) in [6, 6.07) is 22.2. The molecule has 1 N–H and O–H groups in total. The molecule has 4 aromatic rings. The normalized spacial score (nSPS) is 10.7. The van der Waals surface area contributed by atoms with Gasteiger partial charge in [0.2, 0.25) is 5.91 Å². The first-order chi connectivity index (χ1) is 16.6. The molecule has 1 amide bonds. The predicted molar refractivity (Wildman–Crippen MR) is 135 cm³/mol. The molecular formula is C25H23ClN4O3S. The molecule has 3 aromatic carbocycles. The van der Waals surface area contributed by atoms with Crippen LogP contribution in [0, 0.1) is 0 Å². The molecule has 7 nitrogen and oxygen atoms in total. The Kier molecular flexibility index (Phi) is 7.72. The number of ether oxygens (including phenoxy) is 2. The van der Waals surface area contributed by atoms with Crippen molar-refractivity contribution in [3.63, 3.8) is 0 Å². The largest absolute Gasteiger partial charge is 0.497 e. The highest BCUT2D eigenvalue weighted by atomic mass is 35.5. The highest BCUT2D eigenvalue weighted by Gasteiger charge is 2.17. The van der Waals surface area contributed by atoms with Crippen molar-refractivity contribution in [1.29, 1.82) is 0 Å². The summed E-state index contributed by atoms with van der Waals surface area (Å²) < 4.78 is 12.6. The van der Waals surface area contributed by atoms with Gasteiger partial charge in [-0.3, -0.25) is 9.36 Å². The summed E-state index contributed by atoms with van der Waals surface area (Å²) in [7, 11) is 1.62. The maximum absolute atomic E-state index is 12.6. The van der Waals surface area contributed by atoms with E-state index in [2.05, 4.69) is 15.5 Å². The van der Waals surface area contributed by atoms with Crippen molar-refractivity contribution in [1.82, 2.24) is 14.8 Å². The number of thioether (sulfide) groups is 1. The number of benzene rings is 3. The molecule has 0 spiro atoms. The number of nitrogens with zero attached hydrogens (tertiary/aromatic N) is 3. The fourth-order valence-electron chi connectivity index (χ4n) is 3.24. The van der Waals surface area contributed by atoms with Gasteiger partial charge in [-0.2, -0.15) is 0 Å². The molecule has 4 rings (SSSR count). The number of nitrogens with one attached hydrogen (secondary N) is 1. The number of rotatable bonds is 9. The van der Waals surface area contributed by atoms with Crippen molar-refractivity contribution >= 4 is 35.0 Å². The zero-order valence-corrected chi connectivity index (χ0v) is 20.3. The summed E-state index contributed by atoms with van der Waals surface area (Å²) in [5.41, 5.74) is 2.41. The Bertz CT molecular complexity index is 1240. The smallest absolute Gasteiger partial charge is 0.234 e. The van der Waals surface area contributed by atoms with Crippen LogP contribution in [0.4, 0.5) is 5.69 Å². The molecule has 0 aliphatic rings. The molecular weight excluding hydrogens is 472 g/mol. The zero-order chi connectivity index (χ0) is 23.9. The quantitative estimate of drug-likeness (QED) is 0.299. The van der Waals surface area contributed by atoms with Crippen LogP contribution in [0.5, 0.6) is 11.5 Å². The standard InChI is InChI=1S/C25H23ClN4O3S/c1-3-33-22-14-8-19(9-15-22)27-23(31)16-34-25-29-28-24(17-4-12-21(32-2)13-5-17)30(25)20-10-6-18(26)7-11-20/h4-15H,3,16H2,1-2H3,(H,27,31). The predicted octanol–water partition coefficient (Wildman–Crippen LogP) is 5.73. The van der Waals surface area contributed by atoms with Crippen LogP contribution >= 0.6 is 23.4 Å². The van der Waals surface area contributed by atoms with Gasteiger partial charge in [0, 0.05) is 22.0 Å². The van der Waals surface area contributed by atoms with Crippen LogP contribution < -0.4 is 14.8 Å².